The van der Waals surface area contributed by atoms with Crippen LogP contribution in [-0.2, 0) is 5.41 Å². The van der Waals surface area contributed by atoms with Crippen LogP contribution in [0.15, 0.2) is 18.2 Å². The van der Waals surface area contributed by atoms with Gasteiger partial charge in [-0.05, 0) is 36.5 Å². The monoisotopic (exact) mass is 281 g/mol. The molecule has 1 aromatic rings. The van der Waals surface area contributed by atoms with E-state index in [4.69, 9.17) is 0 Å². The fourth-order valence-electron chi connectivity index (χ4n) is 3.40. The fourth-order valence-corrected chi connectivity index (χ4v) is 3.40. The Bertz CT molecular complexity index is 430. The molecule has 2 rings (SSSR count). The third-order valence-corrected chi connectivity index (χ3v) is 4.38. The molecule has 0 spiro atoms. The van der Waals surface area contributed by atoms with Gasteiger partial charge >= 0.3 is 0 Å². The van der Waals surface area contributed by atoms with Gasteiger partial charge in [-0.3, -0.25) is 0 Å². The Morgan fingerprint density at radius 1 is 1.20 bits per heavy atom. The van der Waals surface area contributed by atoms with Gasteiger partial charge < -0.3 is 5.32 Å². The highest BCUT2D eigenvalue weighted by Crippen LogP contribution is 2.49. The maximum absolute atomic E-state index is 13.5. The minimum Gasteiger partial charge on any atom is -0.314 e. The molecule has 1 aliphatic rings. The van der Waals surface area contributed by atoms with Gasteiger partial charge in [0.15, 0.2) is 0 Å². The van der Waals surface area contributed by atoms with Crippen LogP contribution in [0, 0.1) is 17.6 Å². The summed E-state index contributed by atoms with van der Waals surface area (Å²) in [7, 11) is 0. The lowest BCUT2D eigenvalue weighted by molar-refractivity contribution is 0.125. The molecule has 0 aliphatic heterocycles. The van der Waals surface area contributed by atoms with Crippen molar-refractivity contribution in [2.45, 2.75) is 57.9 Å². The van der Waals surface area contributed by atoms with Crippen molar-refractivity contribution >= 4 is 0 Å². The van der Waals surface area contributed by atoms with Crippen LogP contribution in [0.5, 0.6) is 0 Å². The second kappa shape index (κ2) is 6.21. The van der Waals surface area contributed by atoms with Crippen molar-refractivity contribution in [1.29, 1.82) is 0 Å². The summed E-state index contributed by atoms with van der Waals surface area (Å²) < 4.78 is 27.0. The van der Waals surface area contributed by atoms with Crippen LogP contribution in [0.4, 0.5) is 8.78 Å². The number of nitrogens with one attached hydrogen (secondary N) is 1. The largest absolute Gasteiger partial charge is 0.314 e. The van der Waals surface area contributed by atoms with Gasteiger partial charge in [0, 0.05) is 24.1 Å². The average molecular weight is 281 g/mol. The van der Waals surface area contributed by atoms with Gasteiger partial charge in [-0.1, -0.05) is 33.6 Å². The topological polar surface area (TPSA) is 12.0 Å². The Hall–Kier alpha value is -0.960. The Morgan fingerprint density at radius 3 is 2.30 bits per heavy atom. The van der Waals surface area contributed by atoms with Crippen LogP contribution in [0.3, 0.4) is 0 Å². The molecule has 1 saturated carbocycles. The van der Waals surface area contributed by atoms with Crippen LogP contribution < -0.4 is 5.32 Å². The molecule has 3 heteroatoms. The molecule has 1 aliphatic carbocycles. The van der Waals surface area contributed by atoms with E-state index in [1.165, 1.54) is 25.0 Å². The second-order valence-corrected chi connectivity index (χ2v) is 6.54. The van der Waals surface area contributed by atoms with E-state index in [2.05, 4.69) is 26.1 Å². The lowest BCUT2D eigenvalue weighted by Gasteiger charge is -2.49. The summed E-state index contributed by atoms with van der Waals surface area (Å²) in [4.78, 5) is 0. The summed E-state index contributed by atoms with van der Waals surface area (Å²) in [6.07, 6.45) is 4.45. The summed E-state index contributed by atoms with van der Waals surface area (Å²) in [6.45, 7) is 7.19. The number of rotatable bonds is 6. The molecule has 112 valence electrons. The van der Waals surface area contributed by atoms with Crippen molar-refractivity contribution in [1.82, 2.24) is 5.32 Å². The van der Waals surface area contributed by atoms with Crippen LogP contribution in [-0.4, -0.2) is 12.6 Å². The maximum Gasteiger partial charge on any atom is 0.126 e. The van der Waals surface area contributed by atoms with E-state index < -0.39 is 11.6 Å². The Morgan fingerprint density at radius 2 is 1.80 bits per heavy atom. The van der Waals surface area contributed by atoms with E-state index >= 15 is 0 Å². The van der Waals surface area contributed by atoms with E-state index in [1.807, 2.05) is 0 Å². The van der Waals surface area contributed by atoms with Crippen molar-refractivity contribution < 1.29 is 8.78 Å². The van der Waals surface area contributed by atoms with Crippen molar-refractivity contribution in [2.24, 2.45) is 5.92 Å². The zero-order valence-corrected chi connectivity index (χ0v) is 12.7. The number of benzene rings is 1. The van der Waals surface area contributed by atoms with Crippen LogP contribution >= 0.6 is 0 Å². The van der Waals surface area contributed by atoms with Crippen LogP contribution in [0.2, 0.25) is 0 Å². The molecule has 0 atom stereocenters. The van der Waals surface area contributed by atoms with Gasteiger partial charge in [-0.25, -0.2) is 8.78 Å². The zero-order valence-electron chi connectivity index (χ0n) is 12.7. The molecule has 0 heterocycles. The number of hydrogen-bond acceptors (Lipinski definition) is 1. The smallest absolute Gasteiger partial charge is 0.126 e. The predicted molar refractivity (Wildman–Crippen MR) is 78.8 cm³/mol. The van der Waals surface area contributed by atoms with Crippen LogP contribution in [0.25, 0.3) is 0 Å². The molecule has 1 aromatic carbocycles. The molecule has 20 heavy (non-hydrogen) atoms. The normalized spacial score (nSPS) is 25.8. The maximum atomic E-state index is 13.5. The third kappa shape index (κ3) is 3.38. The minimum absolute atomic E-state index is 0.0902. The summed E-state index contributed by atoms with van der Waals surface area (Å²) in [5.74, 6) is -0.244. The standard InChI is InChI=1S/C17H25F2N/c1-4-5-13-9-17(10-13,11-20-12(2)3)14-6-15(18)8-16(19)7-14/h6-8,12-13,20H,4-5,9-11H2,1-3H3. The van der Waals surface area contributed by atoms with E-state index in [9.17, 15) is 8.78 Å². The fraction of sp³-hybridized carbons (Fsp3) is 0.647. The Labute approximate surface area is 120 Å². The molecule has 0 radical (unpaired) electrons. The first-order valence-electron chi connectivity index (χ1n) is 7.65. The molecular weight excluding hydrogens is 256 g/mol. The molecule has 0 aromatic heterocycles. The summed E-state index contributed by atoms with van der Waals surface area (Å²) in [5.41, 5.74) is 0.725. The molecule has 0 unspecified atom stereocenters. The van der Waals surface area contributed by atoms with Crippen LogP contribution in [0.1, 0.15) is 52.0 Å². The van der Waals surface area contributed by atoms with Gasteiger partial charge in [-0.2, -0.15) is 0 Å². The zero-order chi connectivity index (χ0) is 14.8. The van der Waals surface area contributed by atoms with Gasteiger partial charge in [0.2, 0.25) is 0 Å². The van der Waals surface area contributed by atoms with Gasteiger partial charge in [0.25, 0.3) is 0 Å². The van der Waals surface area contributed by atoms with Crippen molar-refractivity contribution in [3.8, 4) is 0 Å². The molecule has 1 N–H and O–H groups in total. The van der Waals surface area contributed by atoms with E-state index in [1.54, 1.807) is 0 Å². The quantitative estimate of drug-likeness (QED) is 0.814. The molecule has 0 bridgehead atoms. The van der Waals surface area contributed by atoms with E-state index in [0.29, 0.717) is 12.0 Å². The first kappa shape index (κ1) is 15.4. The lowest BCUT2D eigenvalue weighted by atomic mass is 9.57. The summed E-state index contributed by atoms with van der Waals surface area (Å²) in [5, 5.41) is 3.44. The molecular formula is C17H25F2N. The molecule has 0 amide bonds. The minimum atomic E-state index is -0.470. The first-order chi connectivity index (χ1) is 9.45. The molecule has 0 saturated heterocycles. The van der Waals surface area contributed by atoms with Crippen molar-refractivity contribution in [3.05, 3.63) is 35.4 Å². The van der Waals surface area contributed by atoms with Crippen molar-refractivity contribution in [3.63, 3.8) is 0 Å². The third-order valence-electron chi connectivity index (χ3n) is 4.38. The summed E-state index contributed by atoms with van der Waals surface area (Å²) in [6, 6.07) is 4.35. The van der Waals surface area contributed by atoms with Gasteiger partial charge in [-0.15, -0.1) is 0 Å². The SMILES string of the molecule is CCCC1CC(CNC(C)C)(c2cc(F)cc(F)c2)C1. The molecule has 1 fully saturated rings. The number of halogens is 2. The van der Waals surface area contributed by atoms with Gasteiger partial charge in [0.1, 0.15) is 11.6 Å². The molecule has 1 nitrogen and oxygen atoms in total. The van der Waals surface area contributed by atoms with E-state index in [-0.39, 0.29) is 5.41 Å². The highest BCUT2D eigenvalue weighted by Gasteiger charge is 2.45. The van der Waals surface area contributed by atoms with E-state index in [0.717, 1.165) is 31.0 Å². The van der Waals surface area contributed by atoms with Gasteiger partial charge in [0.05, 0.1) is 0 Å². The Balaban J connectivity index is 2.18. The Kier molecular flexibility index (Phi) is 4.79. The average Bonchev–Trinajstić information content (AvgIpc) is 2.30. The second-order valence-electron chi connectivity index (χ2n) is 6.54. The predicted octanol–water partition coefficient (Wildman–Crippen LogP) is 4.41. The highest BCUT2D eigenvalue weighted by molar-refractivity contribution is 5.31. The lowest BCUT2D eigenvalue weighted by Crippen LogP contribution is -2.50. The highest BCUT2D eigenvalue weighted by atomic mass is 19.1. The number of hydrogen-bond donors (Lipinski definition) is 1. The summed E-state index contributed by atoms with van der Waals surface area (Å²) >= 11 is 0. The van der Waals surface area contributed by atoms with Crippen molar-refractivity contribution in [2.75, 3.05) is 6.54 Å². The first-order valence-corrected chi connectivity index (χ1v) is 7.65.